The van der Waals surface area contributed by atoms with Crippen molar-refractivity contribution in [3.63, 3.8) is 0 Å². The second-order valence-corrected chi connectivity index (χ2v) is 7.94. The molecule has 0 aliphatic heterocycles. The van der Waals surface area contributed by atoms with E-state index in [4.69, 9.17) is 21.7 Å². The minimum atomic E-state index is -0.404. The average Bonchev–Trinajstić information content (AvgIpc) is 3.10. The molecule has 0 bridgehead atoms. The first-order chi connectivity index (χ1) is 14.0. The van der Waals surface area contributed by atoms with Crippen LogP contribution in [0.4, 0.5) is 10.7 Å². The number of rotatable bonds is 6. The topological polar surface area (TPSA) is 59.6 Å². The number of aryl methyl sites for hydroxylation is 1. The van der Waals surface area contributed by atoms with Gasteiger partial charge in [-0.2, -0.15) is 0 Å². The van der Waals surface area contributed by atoms with Crippen LogP contribution in [-0.4, -0.2) is 25.3 Å². The Balaban J connectivity index is 1.81. The Kier molecular flexibility index (Phi) is 6.85. The molecular weight excluding hydrogens is 404 g/mol. The SMILES string of the molecule is COC(=O)c1cc(Cc2ccccc2)sc1NC(=S)Nc1cc(C)ccc1OC. The quantitative estimate of drug-likeness (QED) is 0.415. The molecule has 0 atom stereocenters. The molecule has 0 unspecified atom stereocenters. The lowest BCUT2D eigenvalue weighted by molar-refractivity contribution is 0.0602. The maximum atomic E-state index is 12.2. The fraction of sp³-hybridized carbons (Fsp3) is 0.182. The largest absolute Gasteiger partial charge is 0.495 e. The van der Waals surface area contributed by atoms with E-state index < -0.39 is 5.97 Å². The summed E-state index contributed by atoms with van der Waals surface area (Å²) >= 11 is 6.95. The van der Waals surface area contributed by atoms with Crippen LogP contribution in [0.15, 0.2) is 54.6 Å². The highest BCUT2D eigenvalue weighted by Gasteiger charge is 2.18. The highest BCUT2D eigenvalue weighted by molar-refractivity contribution is 7.80. The first-order valence-electron chi connectivity index (χ1n) is 8.97. The summed E-state index contributed by atoms with van der Waals surface area (Å²) in [5.74, 6) is 0.280. The van der Waals surface area contributed by atoms with Gasteiger partial charge in [-0.25, -0.2) is 4.79 Å². The van der Waals surface area contributed by atoms with Gasteiger partial charge in [-0.15, -0.1) is 11.3 Å². The Morgan fingerprint density at radius 3 is 2.52 bits per heavy atom. The van der Waals surface area contributed by atoms with Crippen molar-refractivity contribution in [1.29, 1.82) is 0 Å². The number of thiophene rings is 1. The monoisotopic (exact) mass is 426 g/mol. The van der Waals surface area contributed by atoms with Gasteiger partial charge < -0.3 is 20.1 Å². The van der Waals surface area contributed by atoms with Gasteiger partial charge >= 0.3 is 5.97 Å². The minimum Gasteiger partial charge on any atom is -0.495 e. The Morgan fingerprint density at radius 1 is 1.07 bits per heavy atom. The molecule has 3 aromatic rings. The van der Waals surface area contributed by atoms with Gasteiger partial charge in [0.05, 0.1) is 25.5 Å². The van der Waals surface area contributed by atoms with Gasteiger partial charge in [0, 0.05) is 11.3 Å². The molecule has 7 heteroatoms. The Morgan fingerprint density at radius 2 is 1.83 bits per heavy atom. The second kappa shape index (κ2) is 9.54. The summed E-state index contributed by atoms with van der Waals surface area (Å²) < 4.78 is 10.3. The number of esters is 1. The summed E-state index contributed by atoms with van der Waals surface area (Å²) in [6.07, 6.45) is 0.725. The van der Waals surface area contributed by atoms with Crippen LogP contribution in [0.1, 0.15) is 26.4 Å². The standard InChI is InChI=1S/C22H22N2O3S2/c1-14-9-10-19(26-2)18(11-14)23-22(28)24-20-17(21(25)27-3)13-16(29-20)12-15-7-5-4-6-8-15/h4-11,13H,12H2,1-3H3,(H2,23,24,28). The zero-order valence-electron chi connectivity index (χ0n) is 16.4. The number of thiocarbonyl (C=S) groups is 1. The molecule has 29 heavy (non-hydrogen) atoms. The number of nitrogens with one attached hydrogen (secondary N) is 2. The molecule has 1 heterocycles. The van der Waals surface area contributed by atoms with Crippen molar-refractivity contribution in [3.8, 4) is 5.75 Å². The van der Waals surface area contributed by atoms with Crippen molar-refractivity contribution >= 4 is 45.3 Å². The van der Waals surface area contributed by atoms with E-state index in [0.717, 1.165) is 22.5 Å². The van der Waals surface area contributed by atoms with E-state index >= 15 is 0 Å². The molecule has 0 saturated heterocycles. The third kappa shape index (κ3) is 5.34. The van der Waals surface area contributed by atoms with Crippen molar-refractivity contribution < 1.29 is 14.3 Å². The second-order valence-electron chi connectivity index (χ2n) is 6.39. The van der Waals surface area contributed by atoms with Crippen LogP contribution < -0.4 is 15.4 Å². The van der Waals surface area contributed by atoms with Crippen molar-refractivity contribution in [2.75, 3.05) is 24.9 Å². The first-order valence-corrected chi connectivity index (χ1v) is 10.2. The number of hydrogen-bond acceptors (Lipinski definition) is 5. The van der Waals surface area contributed by atoms with Crippen molar-refractivity contribution in [2.45, 2.75) is 13.3 Å². The van der Waals surface area contributed by atoms with E-state index in [9.17, 15) is 4.79 Å². The fourth-order valence-corrected chi connectivity index (χ4v) is 4.22. The molecule has 5 nitrogen and oxygen atoms in total. The summed E-state index contributed by atoms with van der Waals surface area (Å²) in [7, 11) is 2.98. The maximum Gasteiger partial charge on any atom is 0.340 e. The van der Waals surface area contributed by atoms with Crippen molar-refractivity contribution in [1.82, 2.24) is 0 Å². The number of methoxy groups -OCH3 is 2. The average molecular weight is 427 g/mol. The smallest absolute Gasteiger partial charge is 0.340 e. The van der Waals surface area contributed by atoms with Crippen LogP contribution >= 0.6 is 23.6 Å². The lowest BCUT2D eigenvalue weighted by atomic mass is 10.1. The van der Waals surface area contributed by atoms with Gasteiger partial charge in [-0.1, -0.05) is 36.4 Å². The Hall–Kier alpha value is -2.90. The van der Waals surface area contributed by atoms with E-state index in [1.54, 1.807) is 7.11 Å². The van der Waals surface area contributed by atoms with Crippen molar-refractivity contribution in [2.24, 2.45) is 0 Å². The van der Waals surface area contributed by atoms with Gasteiger partial charge in [-0.3, -0.25) is 0 Å². The number of benzene rings is 2. The van der Waals surface area contributed by atoms with E-state index in [1.807, 2.05) is 49.4 Å². The molecule has 0 radical (unpaired) electrons. The summed E-state index contributed by atoms with van der Waals surface area (Å²) in [5, 5.41) is 7.29. The molecule has 2 aromatic carbocycles. The number of anilines is 2. The maximum absolute atomic E-state index is 12.2. The fourth-order valence-electron chi connectivity index (χ4n) is 2.86. The summed E-state index contributed by atoms with van der Waals surface area (Å²) in [5.41, 5.74) is 3.46. The molecule has 0 aliphatic rings. The zero-order valence-corrected chi connectivity index (χ0v) is 18.1. The normalized spacial score (nSPS) is 10.3. The van der Waals surface area contributed by atoms with E-state index in [1.165, 1.54) is 24.0 Å². The van der Waals surface area contributed by atoms with Crippen LogP contribution in [0.5, 0.6) is 5.75 Å². The third-order valence-corrected chi connectivity index (χ3v) is 5.49. The van der Waals surface area contributed by atoms with Crippen molar-refractivity contribution in [3.05, 3.63) is 76.2 Å². The highest BCUT2D eigenvalue weighted by Crippen LogP contribution is 2.31. The molecule has 2 N–H and O–H groups in total. The van der Waals surface area contributed by atoms with Gasteiger partial charge in [0.1, 0.15) is 10.8 Å². The van der Waals surface area contributed by atoms with E-state index in [0.29, 0.717) is 21.4 Å². The predicted octanol–water partition coefficient (Wildman–Crippen LogP) is 5.25. The van der Waals surface area contributed by atoms with Gasteiger partial charge in [0.2, 0.25) is 0 Å². The Bertz CT molecular complexity index is 1020. The van der Waals surface area contributed by atoms with Crippen LogP contribution in [0.25, 0.3) is 0 Å². The highest BCUT2D eigenvalue weighted by atomic mass is 32.1. The molecule has 0 amide bonds. The van der Waals surface area contributed by atoms with Crippen LogP contribution in [0, 0.1) is 6.92 Å². The van der Waals surface area contributed by atoms with Crippen LogP contribution in [0.3, 0.4) is 0 Å². The van der Waals surface area contributed by atoms with E-state index in [2.05, 4.69) is 22.8 Å². The molecule has 0 aliphatic carbocycles. The summed E-state index contributed by atoms with van der Waals surface area (Å²) in [6, 6.07) is 17.7. The third-order valence-electron chi connectivity index (χ3n) is 4.24. The predicted molar refractivity (Wildman–Crippen MR) is 122 cm³/mol. The minimum absolute atomic E-state index is 0.368. The lowest BCUT2D eigenvalue weighted by Crippen LogP contribution is -2.20. The number of carbonyl (C=O) groups is 1. The summed E-state index contributed by atoms with van der Waals surface area (Å²) in [6.45, 7) is 1.99. The molecular formula is C22H22N2O3S2. The Labute approximate surface area is 179 Å². The molecule has 0 saturated carbocycles. The molecule has 150 valence electrons. The molecule has 1 aromatic heterocycles. The molecule has 0 fully saturated rings. The number of hydrogen-bond donors (Lipinski definition) is 2. The molecule has 3 rings (SSSR count). The van der Waals surface area contributed by atoms with Crippen LogP contribution in [0.2, 0.25) is 0 Å². The first kappa shape index (κ1) is 20.8. The van der Waals surface area contributed by atoms with Crippen LogP contribution in [-0.2, 0) is 11.2 Å². The van der Waals surface area contributed by atoms with Gasteiger partial charge in [0.15, 0.2) is 5.11 Å². The molecule has 0 spiro atoms. The zero-order chi connectivity index (χ0) is 20.8. The van der Waals surface area contributed by atoms with E-state index in [-0.39, 0.29) is 0 Å². The van der Waals surface area contributed by atoms with Gasteiger partial charge in [0.25, 0.3) is 0 Å². The lowest BCUT2D eigenvalue weighted by Gasteiger charge is -2.14. The van der Waals surface area contributed by atoms with Gasteiger partial charge in [-0.05, 0) is 48.5 Å². The summed E-state index contributed by atoms with van der Waals surface area (Å²) in [4.78, 5) is 13.3. The number of carbonyl (C=O) groups excluding carboxylic acids is 1. The number of ether oxygens (including phenoxy) is 2.